The van der Waals surface area contributed by atoms with Gasteiger partial charge in [-0.2, -0.15) is 0 Å². The number of carboxylic acid groups (broad SMARTS) is 1. The molecule has 0 aromatic heterocycles. The van der Waals surface area contributed by atoms with Crippen LogP contribution < -0.4 is 21.0 Å². The van der Waals surface area contributed by atoms with Gasteiger partial charge in [0.15, 0.2) is 6.29 Å². The minimum absolute atomic E-state index is 0.220. The molecule has 0 N–H and O–H groups in total. The van der Waals surface area contributed by atoms with Gasteiger partial charge in [0.1, 0.15) is 29.3 Å². The van der Waals surface area contributed by atoms with Crippen molar-refractivity contribution in [1.29, 1.82) is 0 Å². The Morgan fingerprint density at radius 2 is 0.935 bits per heavy atom. The summed E-state index contributed by atoms with van der Waals surface area (Å²) in [6.45, 7) is 0. The van der Waals surface area contributed by atoms with Crippen molar-refractivity contribution in [2.45, 2.75) is 0 Å². The van der Waals surface area contributed by atoms with Gasteiger partial charge in [-0.1, -0.05) is 84.9 Å². The highest BCUT2D eigenvalue weighted by molar-refractivity contribution is 7.96. The second-order valence-electron chi connectivity index (χ2n) is 6.82. The molecule has 4 aromatic carbocycles. The number of aromatic carboxylic acids is 1. The molecule has 0 aliphatic carbocycles. The molecule has 4 aromatic rings. The van der Waals surface area contributed by atoms with E-state index in [-0.39, 0.29) is 5.56 Å². The van der Waals surface area contributed by atoms with Crippen LogP contribution in [0.15, 0.2) is 121 Å². The smallest absolute Gasteiger partial charge is 0.158 e. The molecule has 0 aliphatic rings. The van der Waals surface area contributed by atoms with Crippen LogP contribution in [-0.2, 0) is 4.79 Å². The van der Waals surface area contributed by atoms with Crippen molar-refractivity contribution in [3.63, 3.8) is 0 Å². The highest BCUT2D eigenvalue weighted by atomic mass is 31.2. The lowest BCUT2D eigenvalue weighted by Gasteiger charge is -2.25. The Hall–Kier alpha value is -3.55. The Kier molecular flexibility index (Phi) is 7.86. The second-order valence-corrected chi connectivity index (χ2v) is 10.4. The topological polar surface area (TPSA) is 57.2 Å². The van der Waals surface area contributed by atoms with Gasteiger partial charge in [-0.05, 0) is 42.0 Å². The molecular weight excluding hydrogens is 403 g/mol. The minimum atomic E-state index is -1.92. The number of hydrogen-bond donors (Lipinski definition) is 0. The Bertz CT molecular complexity index is 986. The second kappa shape index (κ2) is 11.0. The predicted octanol–water partition coefficient (Wildman–Crippen LogP) is 3.23. The molecule has 0 amide bonds. The number of carboxylic acids is 1. The average Bonchev–Trinajstić information content (AvgIpc) is 2.85. The van der Waals surface area contributed by atoms with Gasteiger partial charge < -0.3 is 9.90 Å². The van der Waals surface area contributed by atoms with Crippen molar-refractivity contribution >= 4 is 35.4 Å². The van der Waals surface area contributed by atoms with Crippen molar-refractivity contribution in [3.8, 4) is 0 Å². The van der Waals surface area contributed by atoms with Gasteiger partial charge in [-0.3, -0.25) is 4.79 Å². The summed E-state index contributed by atoms with van der Waals surface area (Å²) in [4.78, 5) is 21.7. The van der Waals surface area contributed by atoms with Gasteiger partial charge in [0, 0.05) is 0 Å². The van der Waals surface area contributed by atoms with Gasteiger partial charge in [0.2, 0.25) is 0 Å². The lowest BCUT2D eigenvalue weighted by atomic mass is 10.2. The predicted molar refractivity (Wildman–Crippen MR) is 127 cm³/mol. The molecule has 0 fully saturated rings. The first-order valence-electron chi connectivity index (χ1n) is 9.93. The standard InChI is InChI=1S/C20H18OP.C7H6O2/c21-16-17-22(18-10-4-1-5-11-18,19-12-6-2-7-13-19)20-14-8-3-9-15-20;8-7(9)6-4-2-1-3-5-6/h1-16H,17H2;1-5H,(H,8,9)/q+1;/p-1. The van der Waals surface area contributed by atoms with Crippen LogP contribution in [0.3, 0.4) is 0 Å². The number of rotatable bonds is 6. The third kappa shape index (κ3) is 5.33. The largest absolute Gasteiger partial charge is 0.545 e. The van der Waals surface area contributed by atoms with Gasteiger partial charge in [0.05, 0.1) is 5.97 Å². The van der Waals surface area contributed by atoms with Crippen molar-refractivity contribution in [3.05, 3.63) is 127 Å². The molecule has 0 heterocycles. The van der Waals surface area contributed by atoms with Crippen molar-refractivity contribution in [1.82, 2.24) is 0 Å². The van der Waals surface area contributed by atoms with Crippen LogP contribution in [0.2, 0.25) is 0 Å². The van der Waals surface area contributed by atoms with Gasteiger partial charge in [-0.25, -0.2) is 0 Å². The molecule has 0 bridgehead atoms. The summed E-state index contributed by atoms with van der Waals surface area (Å²) < 4.78 is 0. The zero-order valence-electron chi connectivity index (χ0n) is 17.0. The molecule has 0 aliphatic heterocycles. The zero-order chi connectivity index (χ0) is 21.9. The molecule has 0 saturated heterocycles. The molecule has 154 valence electrons. The first kappa shape index (κ1) is 22.1. The van der Waals surface area contributed by atoms with Crippen molar-refractivity contribution in [2.24, 2.45) is 0 Å². The fourth-order valence-electron chi connectivity index (χ4n) is 3.50. The Labute approximate surface area is 183 Å². The van der Waals surface area contributed by atoms with E-state index in [4.69, 9.17) is 0 Å². The maximum absolute atomic E-state index is 11.6. The summed E-state index contributed by atoms with van der Waals surface area (Å²) in [6, 6.07) is 39.4. The summed E-state index contributed by atoms with van der Waals surface area (Å²) in [5, 5.41) is 13.8. The summed E-state index contributed by atoms with van der Waals surface area (Å²) in [7, 11) is -1.92. The van der Waals surface area contributed by atoms with E-state index in [0.717, 1.165) is 6.29 Å². The van der Waals surface area contributed by atoms with Gasteiger partial charge >= 0.3 is 0 Å². The van der Waals surface area contributed by atoms with E-state index in [1.54, 1.807) is 18.2 Å². The highest BCUT2D eigenvalue weighted by Gasteiger charge is 2.44. The summed E-state index contributed by atoms with van der Waals surface area (Å²) in [5.41, 5.74) is 0.220. The van der Waals surface area contributed by atoms with E-state index in [2.05, 4.69) is 72.8 Å². The molecular formula is C27H23O3P. The van der Waals surface area contributed by atoms with Crippen molar-refractivity contribution < 1.29 is 14.7 Å². The summed E-state index contributed by atoms with van der Waals surface area (Å²) >= 11 is 0. The Morgan fingerprint density at radius 1 is 0.613 bits per heavy atom. The van der Waals surface area contributed by atoms with Crippen molar-refractivity contribution in [2.75, 3.05) is 6.16 Å². The Morgan fingerprint density at radius 3 is 1.19 bits per heavy atom. The normalized spacial score (nSPS) is 10.5. The van der Waals surface area contributed by atoms with E-state index in [1.807, 2.05) is 18.2 Å². The minimum Gasteiger partial charge on any atom is -0.545 e. The first-order chi connectivity index (χ1) is 15.2. The summed E-state index contributed by atoms with van der Waals surface area (Å²) in [5.74, 6) is -1.13. The van der Waals surface area contributed by atoms with Crippen LogP contribution in [0.25, 0.3) is 0 Å². The lowest BCUT2D eigenvalue weighted by molar-refractivity contribution is -0.255. The lowest BCUT2D eigenvalue weighted by Crippen LogP contribution is -2.33. The number of hydrogen-bond acceptors (Lipinski definition) is 3. The average molecular weight is 426 g/mol. The van der Waals surface area contributed by atoms with E-state index in [1.165, 1.54) is 28.0 Å². The third-order valence-corrected chi connectivity index (χ3v) is 9.18. The molecule has 0 spiro atoms. The van der Waals surface area contributed by atoms with E-state index in [9.17, 15) is 14.7 Å². The van der Waals surface area contributed by atoms with E-state index < -0.39 is 13.2 Å². The van der Waals surface area contributed by atoms with Crippen LogP contribution in [0.4, 0.5) is 0 Å². The number of benzene rings is 4. The van der Waals surface area contributed by atoms with E-state index in [0.29, 0.717) is 6.16 Å². The number of carbonyl (C=O) groups excluding carboxylic acids is 2. The maximum atomic E-state index is 11.6. The summed E-state index contributed by atoms with van der Waals surface area (Å²) in [6.07, 6.45) is 1.60. The van der Waals surface area contributed by atoms with Crippen LogP contribution in [-0.4, -0.2) is 18.4 Å². The molecule has 0 saturated carbocycles. The molecule has 4 rings (SSSR count). The maximum Gasteiger partial charge on any atom is 0.158 e. The molecule has 0 atom stereocenters. The van der Waals surface area contributed by atoms with Crippen LogP contribution >= 0.6 is 7.26 Å². The zero-order valence-corrected chi connectivity index (χ0v) is 17.9. The first-order valence-corrected chi connectivity index (χ1v) is 11.9. The fraction of sp³-hybridized carbons (Fsp3) is 0.0370. The number of carbonyl (C=O) groups is 2. The fourth-order valence-corrected chi connectivity index (χ4v) is 7.29. The van der Waals surface area contributed by atoms with Crippen LogP contribution in [0, 0.1) is 0 Å². The SMILES string of the molecule is O=C([O-])c1ccccc1.O=CC[P+](c1ccccc1)(c1ccccc1)c1ccccc1. The quantitative estimate of drug-likeness (QED) is 0.351. The molecule has 31 heavy (non-hydrogen) atoms. The number of aldehydes is 1. The monoisotopic (exact) mass is 426 g/mol. The Balaban J connectivity index is 0.000000254. The van der Waals surface area contributed by atoms with Crippen LogP contribution in [0.5, 0.6) is 0 Å². The van der Waals surface area contributed by atoms with Crippen LogP contribution in [0.1, 0.15) is 10.4 Å². The van der Waals surface area contributed by atoms with E-state index >= 15 is 0 Å². The molecule has 0 unspecified atom stereocenters. The molecule has 4 heteroatoms. The molecule has 3 nitrogen and oxygen atoms in total. The highest BCUT2D eigenvalue weighted by Crippen LogP contribution is 2.54. The third-order valence-electron chi connectivity index (χ3n) is 4.95. The van der Waals surface area contributed by atoms with Gasteiger partial charge in [-0.15, -0.1) is 0 Å². The van der Waals surface area contributed by atoms with Gasteiger partial charge in [0.25, 0.3) is 0 Å². The molecule has 0 radical (unpaired) electrons.